The summed E-state index contributed by atoms with van der Waals surface area (Å²) in [5.41, 5.74) is 2.23. The van der Waals surface area contributed by atoms with Gasteiger partial charge in [0.2, 0.25) is 0 Å². The second kappa shape index (κ2) is 8.87. The van der Waals surface area contributed by atoms with E-state index in [1.807, 2.05) is 13.1 Å². The molecule has 0 radical (unpaired) electrons. The van der Waals surface area contributed by atoms with Crippen LogP contribution in [0.1, 0.15) is 37.9 Å². The predicted molar refractivity (Wildman–Crippen MR) is 102 cm³/mol. The molecular weight excluding hydrogens is 397 g/mol. The van der Waals surface area contributed by atoms with E-state index < -0.39 is 0 Å². The van der Waals surface area contributed by atoms with Gasteiger partial charge in [0.25, 0.3) is 0 Å². The lowest BCUT2D eigenvalue weighted by molar-refractivity contribution is 0.584. The van der Waals surface area contributed by atoms with Gasteiger partial charge in [0.1, 0.15) is 0 Å². The highest BCUT2D eigenvalue weighted by Gasteiger charge is 2.29. The van der Waals surface area contributed by atoms with Gasteiger partial charge in [-0.05, 0) is 39.4 Å². The topological polar surface area (TPSA) is 65.1 Å². The molecule has 1 unspecified atom stereocenters. The maximum atomic E-state index is 4.63. The Morgan fingerprint density at radius 2 is 2.33 bits per heavy atom. The summed E-state index contributed by atoms with van der Waals surface area (Å²) in [5, 5.41) is 13.7. The molecule has 1 fully saturated rings. The molecule has 0 spiro atoms. The summed E-state index contributed by atoms with van der Waals surface area (Å²) >= 11 is 2.06. The van der Waals surface area contributed by atoms with Crippen molar-refractivity contribution in [1.82, 2.24) is 20.8 Å². The van der Waals surface area contributed by atoms with Gasteiger partial charge in [0.05, 0.1) is 12.7 Å². The highest BCUT2D eigenvalue weighted by Crippen LogP contribution is 2.36. The average molecular weight is 423 g/mol. The highest BCUT2D eigenvalue weighted by atomic mass is 127. The van der Waals surface area contributed by atoms with Crippen LogP contribution in [0.2, 0.25) is 0 Å². The number of guanidine groups is 1. The van der Waals surface area contributed by atoms with Crippen LogP contribution in [0.3, 0.4) is 0 Å². The lowest BCUT2D eigenvalue weighted by Crippen LogP contribution is -2.43. The fourth-order valence-corrected chi connectivity index (χ4v) is 3.53. The number of halogens is 1. The summed E-state index contributed by atoms with van der Waals surface area (Å²) in [5.74, 6) is 2.17. The molecule has 1 aliphatic rings. The second-order valence-corrected chi connectivity index (χ2v) is 7.15. The lowest BCUT2D eigenvalue weighted by atomic mass is 10.1. The SMILES string of the molecule is CCNC(=NCc1cn[nH]c1C)NCC1(C)CCCS1.I. The predicted octanol–water partition coefficient (Wildman–Crippen LogP) is 2.68. The minimum Gasteiger partial charge on any atom is -0.357 e. The maximum Gasteiger partial charge on any atom is 0.191 e. The Labute approximate surface area is 148 Å². The van der Waals surface area contributed by atoms with Crippen LogP contribution >= 0.6 is 35.7 Å². The molecule has 1 aliphatic heterocycles. The van der Waals surface area contributed by atoms with E-state index in [1.54, 1.807) is 0 Å². The van der Waals surface area contributed by atoms with Crippen molar-refractivity contribution in [1.29, 1.82) is 0 Å². The molecule has 1 saturated heterocycles. The molecule has 0 aromatic carbocycles. The molecular formula is C14H26IN5S. The first-order valence-electron chi connectivity index (χ1n) is 7.28. The molecule has 2 heterocycles. The van der Waals surface area contributed by atoms with Crippen molar-refractivity contribution in [3.05, 3.63) is 17.5 Å². The van der Waals surface area contributed by atoms with Crippen LogP contribution in [0.15, 0.2) is 11.2 Å². The van der Waals surface area contributed by atoms with Crippen molar-refractivity contribution in [2.45, 2.75) is 44.9 Å². The number of nitrogens with zero attached hydrogens (tertiary/aromatic N) is 2. The fourth-order valence-electron chi connectivity index (χ4n) is 2.29. The molecule has 0 bridgehead atoms. The molecule has 3 N–H and O–H groups in total. The zero-order chi connectivity index (χ0) is 14.4. The normalized spacial score (nSPS) is 22.0. The zero-order valence-electron chi connectivity index (χ0n) is 13.0. The molecule has 0 amide bonds. The van der Waals surface area contributed by atoms with Crippen molar-refractivity contribution in [3.8, 4) is 0 Å². The number of nitrogens with one attached hydrogen (secondary N) is 3. The lowest BCUT2D eigenvalue weighted by Gasteiger charge is -2.24. The van der Waals surface area contributed by atoms with E-state index in [0.29, 0.717) is 11.3 Å². The van der Waals surface area contributed by atoms with Gasteiger partial charge < -0.3 is 10.6 Å². The molecule has 5 nitrogen and oxygen atoms in total. The third-order valence-corrected chi connectivity index (χ3v) is 5.15. The van der Waals surface area contributed by atoms with E-state index in [4.69, 9.17) is 0 Å². The Hall–Kier alpha value is -0.440. The Bertz CT molecular complexity index is 454. The molecule has 1 aromatic rings. The Morgan fingerprint density at radius 3 is 2.90 bits per heavy atom. The minimum atomic E-state index is 0. The van der Waals surface area contributed by atoms with E-state index in [9.17, 15) is 0 Å². The van der Waals surface area contributed by atoms with Gasteiger partial charge in [-0.15, -0.1) is 24.0 Å². The highest BCUT2D eigenvalue weighted by molar-refractivity contribution is 14.0. The van der Waals surface area contributed by atoms with Crippen LogP contribution in [-0.4, -0.2) is 39.7 Å². The summed E-state index contributed by atoms with van der Waals surface area (Å²) in [6, 6.07) is 0. The maximum absolute atomic E-state index is 4.63. The molecule has 21 heavy (non-hydrogen) atoms. The molecule has 0 aliphatic carbocycles. The van der Waals surface area contributed by atoms with E-state index in [-0.39, 0.29) is 24.0 Å². The summed E-state index contributed by atoms with van der Waals surface area (Å²) in [6.45, 7) is 8.94. The van der Waals surface area contributed by atoms with E-state index in [0.717, 1.165) is 30.3 Å². The first kappa shape index (κ1) is 18.6. The van der Waals surface area contributed by atoms with Crippen LogP contribution in [0, 0.1) is 6.92 Å². The van der Waals surface area contributed by atoms with Crippen LogP contribution in [0.5, 0.6) is 0 Å². The summed E-state index contributed by atoms with van der Waals surface area (Å²) < 4.78 is 0.349. The van der Waals surface area contributed by atoms with Crippen molar-refractivity contribution < 1.29 is 0 Å². The number of hydrogen-bond donors (Lipinski definition) is 3. The second-order valence-electron chi connectivity index (χ2n) is 5.47. The van der Waals surface area contributed by atoms with Gasteiger partial charge in [0, 0.05) is 29.1 Å². The van der Waals surface area contributed by atoms with Crippen molar-refractivity contribution in [2.24, 2.45) is 4.99 Å². The quantitative estimate of drug-likeness (QED) is 0.387. The van der Waals surface area contributed by atoms with Gasteiger partial charge >= 0.3 is 0 Å². The van der Waals surface area contributed by atoms with Gasteiger partial charge in [-0.2, -0.15) is 16.9 Å². The zero-order valence-corrected chi connectivity index (χ0v) is 16.2. The largest absolute Gasteiger partial charge is 0.357 e. The smallest absolute Gasteiger partial charge is 0.191 e. The first-order valence-corrected chi connectivity index (χ1v) is 8.26. The molecule has 120 valence electrons. The minimum absolute atomic E-state index is 0. The Balaban J connectivity index is 0.00000220. The first-order chi connectivity index (χ1) is 9.63. The molecule has 0 saturated carbocycles. The Kier molecular flexibility index (Phi) is 7.86. The van der Waals surface area contributed by atoms with Crippen LogP contribution < -0.4 is 10.6 Å². The van der Waals surface area contributed by atoms with Gasteiger partial charge in [-0.25, -0.2) is 4.99 Å². The van der Waals surface area contributed by atoms with E-state index in [2.05, 4.69) is 51.4 Å². The van der Waals surface area contributed by atoms with Crippen molar-refractivity contribution >= 4 is 41.7 Å². The van der Waals surface area contributed by atoms with Gasteiger partial charge in [-0.3, -0.25) is 5.10 Å². The number of aryl methyl sites for hydroxylation is 1. The number of aliphatic imine (C=N–C) groups is 1. The van der Waals surface area contributed by atoms with E-state index >= 15 is 0 Å². The van der Waals surface area contributed by atoms with E-state index in [1.165, 1.54) is 18.6 Å². The monoisotopic (exact) mass is 423 g/mol. The number of aromatic amines is 1. The number of aromatic nitrogens is 2. The Morgan fingerprint density at radius 1 is 1.52 bits per heavy atom. The summed E-state index contributed by atoms with van der Waals surface area (Å²) in [7, 11) is 0. The molecule has 1 atom stereocenters. The number of rotatable bonds is 5. The van der Waals surface area contributed by atoms with Crippen molar-refractivity contribution in [3.63, 3.8) is 0 Å². The molecule has 7 heteroatoms. The van der Waals surface area contributed by atoms with Crippen LogP contribution in [0.25, 0.3) is 0 Å². The van der Waals surface area contributed by atoms with Crippen molar-refractivity contribution in [2.75, 3.05) is 18.8 Å². The number of hydrogen-bond acceptors (Lipinski definition) is 3. The van der Waals surface area contributed by atoms with Gasteiger partial charge in [-0.1, -0.05) is 0 Å². The van der Waals surface area contributed by atoms with Gasteiger partial charge in [0.15, 0.2) is 5.96 Å². The molecule has 2 rings (SSSR count). The summed E-state index contributed by atoms with van der Waals surface area (Å²) in [6.07, 6.45) is 4.45. The van der Waals surface area contributed by atoms with Crippen LogP contribution in [0.4, 0.5) is 0 Å². The van der Waals surface area contributed by atoms with Crippen LogP contribution in [-0.2, 0) is 6.54 Å². The third-order valence-electron chi connectivity index (χ3n) is 3.62. The molecule has 1 aromatic heterocycles. The number of thioether (sulfide) groups is 1. The fraction of sp³-hybridized carbons (Fsp3) is 0.714. The third kappa shape index (κ3) is 5.69. The standard InChI is InChI=1S/C14H25N5S.HI/c1-4-15-13(16-8-12-9-18-19-11(12)2)17-10-14(3)6-5-7-20-14;/h9H,4-8,10H2,1-3H3,(H,18,19)(H2,15,16,17);1H. The summed E-state index contributed by atoms with van der Waals surface area (Å²) in [4.78, 5) is 4.63. The number of H-pyrrole nitrogens is 1. The average Bonchev–Trinajstić information content (AvgIpc) is 3.03.